The molecular formula is C10H5F. The van der Waals surface area contributed by atoms with Crippen molar-refractivity contribution in [2.45, 2.75) is 0 Å². The Morgan fingerprint density at radius 3 is 2.36 bits per heavy atom. The summed E-state index contributed by atoms with van der Waals surface area (Å²) >= 11 is 0. The molecule has 0 spiro atoms. The van der Waals surface area contributed by atoms with Gasteiger partial charge in [-0.2, -0.15) is 0 Å². The first-order chi connectivity index (χ1) is 5.29. The maximum absolute atomic E-state index is 12.8. The molecule has 1 aromatic rings. The molecule has 1 rings (SSSR count). The molecule has 0 amide bonds. The zero-order valence-corrected chi connectivity index (χ0v) is 5.76. The summed E-state index contributed by atoms with van der Waals surface area (Å²) in [5.41, 5.74) is 0.586. The van der Waals surface area contributed by atoms with Crippen LogP contribution in [0.3, 0.4) is 0 Å². The van der Waals surface area contributed by atoms with Crippen molar-refractivity contribution >= 4 is 0 Å². The van der Waals surface area contributed by atoms with E-state index in [1.807, 2.05) is 0 Å². The van der Waals surface area contributed by atoms with E-state index in [2.05, 4.69) is 11.8 Å². The van der Waals surface area contributed by atoms with Crippen LogP contribution < -0.4 is 0 Å². The second-order valence-electron chi connectivity index (χ2n) is 1.95. The highest BCUT2D eigenvalue weighted by Crippen LogP contribution is 2.10. The second-order valence-corrected chi connectivity index (χ2v) is 1.95. The van der Waals surface area contributed by atoms with Crippen LogP contribution in [0.4, 0.5) is 4.39 Å². The fourth-order valence-electron chi connectivity index (χ4n) is 0.791. The lowest BCUT2D eigenvalue weighted by atomic mass is 10.1. The first kappa shape index (κ1) is 7.38. The zero-order chi connectivity index (χ0) is 8.27. The van der Waals surface area contributed by atoms with Crippen LogP contribution in [0.5, 0.6) is 0 Å². The van der Waals surface area contributed by atoms with E-state index in [-0.39, 0.29) is 5.56 Å². The van der Waals surface area contributed by atoms with Crippen molar-refractivity contribution in [3.63, 3.8) is 0 Å². The third-order valence-corrected chi connectivity index (χ3v) is 1.31. The Bertz CT molecular complexity index is 350. The molecule has 0 radical (unpaired) electrons. The van der Waals surface area contributed by atoms with Crippen molar-refractivity contribution in [1.82, 2.24) is 0 Å². The molecule has 1 heteroatoms. The second kappa shape index (κ2) is 2.90. The average molecular weight is 144 g/mol. The van der Waals surface area contributed by atoms with E-state index in [0.717, 1.165) is 0 Å². The van der Waals surface area contributed by atoms with E-state index in [1.54, 1.807) is 6.07 Å². The predicted octanol–water partition coefficient (Wildman–Crippen LogP) is 1.79. The topological polar surface area (TPSA) is 0 Å². The van der Waals surface area contributed by atoms with Crippen LogP contribution >= 0.6 is 0 Å². The Morgan fingerprint density at radius 1 is 1.18 bits per heavy atom. The largest absolute Gasteiger partial charge is 0.206 e. The first-order valence-corrected chi connectivity index (χ1v) is 3.01. The van der Waals surface area contributed by atoms with E-state index >= 15 is 0 Å². The molecule has 11 heavy (non-hydrogen) atoms. The highest BCUT2D eigenvalue weighted by molar-refractivity contribution is 5.48. The summed E-state index contributed by atoms with van der Waals surface area (Å²) in [5, 5.41) is 0. The Kier molecular flexibility index (Phi) is 1.95. The summed E-state index contributed by atoms with van der Waals surface area (Å²) in [7, 11) is 0. The summed E-state index contributed by atoms with van der Waals surface area (Å²) in [6.07, 6.45) is 10.1. The zero-order valence-electron chi connectivity index (χ0n) is 5.76. The highest BCUT2D eigenvalue weighted by Gasteiger charge is 2.01. The van der Waals surface area contributed by atoms with Gasteiger partial charge < -0.3 is 0 Å². The average Bonchev–Trinajstić information content (AvgIpc) is 2.04. The standard InChI is InChI=1S/C10H5F/c1-3-8-6-5-7-10(11)9(8)4-2/h1-2,5-7H. The molecule has 0 atom stereocenters. The molecule has 0 N–H and O–H groups in total. The monoisotopic (exact) mass is 144 g/mol. The molecular weight excluding hydrogens is 139 g/mol. The number of rotatable bonds is 0. The molecule has 0 aliphatic heterocycles. The van der Waals surface area contributed by atoms with Crippen molar-refractivity contribution in [2.75, 3.05) is 0 Å². The lowest BCUT2D eigenvalue weighted by molar-refractivity contribution is 0.624. The molecule has 0 fully saturated rings. The van der Waals surface area contributed by atoms with Crippen LogP contribution in [0.15, 0.2) is 18.2 Å². The van der Waals surface area contributed by atoms with Gasteiger partial charge in [0.2, 0.25) is 0 Å². The Balaban J connectivity index is 3.42. The maximum atomic E-state index is 12.8. The van der Waals surface area contributed by atoms with Gasteiger partial charge in [-0.05, 0) is 12.1 Å². The number of hydrogen-bond donors (Lipinski definition) is 0. The SMILES string of the molecule is C#Cc1cccc(F)c1C#C. The molecule has 0 bridgehead atoms. The van der Waals surface area contributed by atoms with Gasteiger partial charge in [-0.3, -0.25) is 0 Å². The normalized spacial score (nSPS) is 8.27. The Labute approximate surface area is 65.1 Å². The number of hydrogen-bond acceptors (Lipinski definition) is 0. The lowest BCUT2D eigenvalue weighted by Gasteiger charge is -1.96. The van der Waals surface area contributed by atoms with Gasteiger partial charge in [-0.1, -0.05) is 17.9 Å². The molecule has 0 saturated heterocycles. The summed E-state index contributed by atoms with van der Waals surface area (Å²) in [4.78, 5) is 0. The molecule has 52 valence electrons. The van der Waals surface area contributed by atoms with E-state index in [4.69, 9.17) is 12.8 Å². The highest BCUT2D eigenvalue weighted by atomic mass is 19.1. The van der Waals surface area contributed by atoms with E-state index in [0.29, 0.717) is 5.56 Å². The lowest BCUT2D eigenvalue weighted by Crippen LogP contribution is -1.87. The molecule has 0 saturated carbocycles. The van der Waals surface area contributed by atoms with Crippen LogP contribution in [0.25, 0.3) is 0 Å². The van der Waals surface area contributed by atoms with Gasteiger partial charge in [0, 0.05) is 5.56 Å². The molecule has 0 heterocycles. The summed E-state index contributed by atoms with van der Waals surface area (Å²) < 4.78 is 12.8. The predicted molar refractivity (Wildman–Crippen MR) is 42.3 cm³/mol. The minimum atomic E-state index is -0.442. The summed E-state index contributed by atoms with van der Waals surface area (Å²) in [6.45, 7) is 0. The van der Waals surface area contributed by atoms with Gasteiger partial charge in [0.05, 0.1) is 5.56 Å². The van der Waals surface area contributed by atoms with Crippen molar-refractivity contribution in [2.24, 2.45) is 0 Å². The Hall–Kier alpha value is -1.73. The minimum Gasteiger partial charge on any atom is -0.206 e. The third-order valence-electron chi connectivity index (χ3n) is 1.31. The van der Waals surface area contributed by atoms with E-state index in [1.165, 1.54) is 12.1 Å². The van der Waals surface area contributed by atoms with Gasteiger partial charge in [0.15, 0.2) is 0 Å². The van der Waals surface area contributed by atoms with E-state index < -0.39 is 5.82 Å². The summed E-state index contributed by atoms with van der Waals surface area (Å²) in [6, 6.07) is 4.43. The van der Waals surface area contributed by atoms with E-state index in [9.17, 15) is 4.39 Å². The van der Waals surface area contributed by atoms with Gasteiger partial charge in [-0.15, -0.1) is 12.8 Å². The Morgan fingerprint density at radius 2 is 1.91 bits per heavy atom. The number of halogens is 1. The van der Waals surface area contributed by atoms with Gasteiger partial charge in [0.1, 0.15) is 5.82 Å². The third kappa shape index (κ3) is 1.23. The minimum absolute atomic E-state index is 0.162. The molecule has 1 aromatic carbocycles. The van der Waals surface area contributed by atoms with Crippen LogP contribution in [-0.2, 0) is 0 Å². The fraction of sp³-hybridized carbons (Fsp3) is 0. The molecule has 0 unspecified atom stereocenters. The number of terminal acetylenes is 2. The summed E-state index contributed by atoms with van der Waals surface area (Å²) in [5.74, 6) is 4.06. The number of benzene rings is 1. The first-order valence-electron chi connectivity index (χ1n) is 3.01. The van der Waals surface area contributed by atoms with Crippen LogP contribution in [-0.4, -0.2) is 0 Å². The van der Waals surface area contributed by atoms with Crippen LogP contribution in [0.1, 0.15) is 11.1 Å². The van der Waals surface area contributed by atoms with Crippen LogP contribution in [0, 0.1) is 30.5 Å². The van der Waals surface area contributed by atoms with Gasteiger partial charge in [-0.25, -0.2) is 4.39 Å². The maximum Gasteiger partial charge on any atom is 0.140 e. The van der Waals surface area contributed by atoms with Crippen molar-refractivity contribution in [3.8, 4) is 24.7 Å². The smallest absolute Gasteiger partial charge is 0.140 e. The van der Waals surface area contributed by atoms with Crippen molar-refractivity contribution in [3.05, 3.63) is 35.1 Å². The van der Waals surface area contributed by atoms with Gasteiger partial charge >= 0.3 is 0 Å². The molecule has 0 nitrogen and oxygen atoms in total. The molecule has 0 aliphatic carbocycles. The fourth-order valence-corrected chi connectivity index (χ4v) is 0.791. The molecule has 0 aliphatic rings. The van der Waals surface area contributed by atoms with Crippen LogP contribution in [0.2, 0.25) is 0 Å². The van der Waals surface area contributed by atoms with Crippen molar-refractivity contribution < 1.29 is 4.39 Å². The van der Waals surface area contributed by atoms with Crippen molar-refractivity contribution in [1.29, 1.82) is 0 Å². The molecule has 0 aromatic heterocycles. The quantitative estimate of drug-likeness (QED) is 0.487. The van der Waals surface area contributed by atoms with Gasteiger partial charge in [0.25, 0.3) is 0 Å².